The number of nitriles is 1. The number of carbonyl (C=O) groups is 1. The fourth-order valence-electron chi connectivity index (χ4n) is 3.04. The molecule has 0 aliphatic heterocycles. The van der Waals surface area contributed by atoms with Crippen LogP contribution in [0.1, 0.15) is 17.5 Å². The molecule has 27 heavy (non-hydrogen) atoms. The second-order valence-corrected chi connectivity index (χ2v) is 6.80. The van der Waals surface area contributed by atoms with E-state index >= 15 is 0 Å². The van der Waals surface area contributed by atoms with Gasteiger partial charge in [0.2, 0.25) is 5.91 Å². The molecule has 0 fully saturated rings. The van der Waals surface area contributed by atoms with Gasteiger partial charge in [-0.25, -0.2) is 0 Å². The van der Waals surface area contributed by atoms with Crippen LogP contribution in [-0.2, 0) is 17.9 Å². The van der Waals surface area contributed by atoms with Crippen LogP contribution in [-0.4, -0.2) is 22.4 Å². The number of nitrogens with zero attached hydrogens (tertiary/aromatic N) is 3. The van der Waals surface area contributed by atoms with E-state index < -0.39 is 0 Å². The predicted octanol–water partition coefficient (Wildman–Crippen LogP) is 4.88. The number of fused-ring (bicyclic) bond motifs is 1. The monoisotopic (exact) mass is 377 g/mol. The van der Waals surface area contributed by atoms with Gasteiger partial charge in [-0.1, -0.05) is 41.9 Å². The first-order valence-corrected chi connectivity index (χ1v) is 9.08. The molecule has 136 valence electrons. The molecule has 0 aliphatic rings. The lowest BCUT2D eigenvalue weighted by atomic mass is 10.1. The first-order chi connectivity index (χ1) is 13.1. The molecule has 1 heterocycles. The maximum Gasteiger partial charge on any atom is 0.246 e. The number of amides is 1. The molecule has 0 spiro atoms. The van der Waals surface area contributed by atoms with E-state index in [-0.39, 0.29) is 5.91 Å². The van der Waals surface area contributed by atoms with Crippen molar-refractivity contribution in [1.29, 1.82) is 5.26 Å². The lowest BCUT2D eigenvalue weighted by Gasteiger charge is -2.15. The molecule has 0 N–H and O–H groups in total. The summed E-state index contributed by atoms with van der Waals surface area (Å²) in [5.41, 5.74) is 3.01. The summed E-state index contributed by atoms with van der Waals surface area (Å²) in [6.45, 7) is 1.13. The first kappa shape index (κ1) is 18.8. The number of carbonyl (C=O) groups excluding carboxylic acids is 1. The zero-order valence-corrected chi connectivity index (χ0v) is 15.9. The largest absolute Gasteiger partial charge is 0.346 e. The highest BCUT2D eigenvalue weighted by Crippen LogP contribution is 2.23. The number of rotatable bonds is 6. The van der Waals surface area contributed by atoms with Gasteiger partial charge in [-0.2, -0.15) is 5.26 Å². The van der Waals surface area contributed by atoms with Gasteiger partial charge < -0.3 is 9.47 Å². The Kier molecular flexibility index (Phi) is 5.95. The minimum Gasteiger partial charge on any atom is -0.346 e. The van der Waals surface area contributed by atoms with Crippen LogP contribution in [0.4, 0.5) is 0 Å². The molecule has 5 heteroatoms. The molecule has 1 amide bonds. The Labute approximate surface area is 163 Å². The third kappa shape index (κ3) is 4.58. The van der Waals surface area contributed by atoms with E-state index in [0.29, 0.717) is 24.5 Å². The van der Waals surface area contributed by atoms with Gasteiger partial charge >= 0.3 is 0 Å². The minimum atomic E-state index is -0.0798. The van der Waals surface area contributed by atoms with Gasteiger partial charge in [-0.15, -0.1) is 0 Å². The van der Waals surface area contributed by atoms with Crippen LogP contribution in [0.2, 0.25) is 5.02 Å². The summed E-state index contributed by atoms with van der Waals surface area (Å²) in [5, 5.41) is 10.6. The third-order valence-electron chi connectivity index (χ3n) is 4.37. The normalized spacial score (nSPS) is 11.0. The number of aromatic nitrogens is 1. The van der Waals surface area contributed by atoms with Gasteiger partial charge in [0.1, 0.15) is 0 Å². The van der Waals surface area contributed by atoms with Crippen molar-refractivity contribution in [3.8, 4) is 6.07 Å². The SMILES string of the molecule is CN(Cc1cccc(Cl)c1)C(=O)/C=C/c1cn(CCC#N)c2ccccc12. The summed E-state index contributed by atoms with van der Waals surface area (Å²) in [4.78, 5) is 14.1. The number of aryl methyl sites for hydroxylation is 1. The number of para-hydroxylation sites is 1. The van der Waals surface area contributed by atoms with Crippen molar-refractivity contribution in [3.63, 3.8) is 0 Å². The van der Waals surface area contributed by atoms with E-state index in [2.05, 4.69) is 10.6 Å². The Morgan fingerprint density at radius 1 is 1.26 bits per heavy atom. The molecule has 3 aromatic rings. The van der Waals surface area contributed by atoms with Crippen molar-refractivity contribution in [2.24, 2.45) is 0 Å². The molecule has 0 saturated carbocycles. The standard InChI is InChI=1S/C22H20ClN3O/c1-25(15-17-6-4-7-19(23)14-17)22(27)11-10-18-16-26(13-5-12-24)21-9-3-2-8-20(18)21/h2-4,6-11,14,16H,5,13,15H2,1H3/b11-10+. The van der Waals surface area contributed by atoms with Crippen molar-refractivity contribution in [2.75, 3.05) is 7.05 Å². The van der Waals surface area contributed by atoms with Crippen molar-refractivity contribution in [3.05, 3.63) is 77.0 Å². The summed E-state index contributed by atoms with van der Waals surface area (Å²) in [6.07, 6.45) is 5.86. The van der Waals surface area contributed by atoms with Crippen molar-refractivity contribution in [1.82, 2.24) is 9.47 Å². The van der Waals surface area contributed by atoms with E-state index in [4.69, 9.17) is 16.9 Å². The summed E-state index contributed by atoms with van der Waals surface area (Å²) in [5.74, 6) is -0.0798. The van der Waals surface area contributed by atoms with E-state index in [1.165, 1.54) is 0 Å². The lowest BCUT2D eigenvalue weighted by Crippen LogP contribution is -2.24. The second-order valence-electron chi connectivity index (χ2n) is 6.36. The number of halogens is 1. The van der Waals surface area contributed by atoms with Crippen LogP contribution in [0.3, 0.4) is 0 Å². The average Bonchev–Trinajstić information content (AvgIpc) is 3.02. The maximum absolute atomic E-state index is 12.5. The van der Waals surface area contributed by atoms with Gasteiger partial charge in [0.15, 0.2) is 0 Å². The summed E-state index contributed by atoms with van der Waals surface area (Å²) < 4.78 is 2.05. The maximum atomic E-state index is 12.5. The Hall–Kier alpha value is -3.03. The van der Waals surface area contributed by atoms with Gasteiger partial charge in [0, 0.05) is 53.9 Å². The Morgan fingerprint density at radius 3 is 2.85 bits per heavy atom. The Morgan fingerprint density at radius 2 is 2.07 bits per heavy atom. The molecule has 0 atom stereocenters. The molecule has 4 nitrogen and oxygen atoms in total. The van der Waals surface area contributed by atoms with E-state index in [0.717, 1.165) is 22.0 Å². The Bertz CT molecular complexity index is 1030. The van der Waals surface area contributed by atoms with Crippen LogP contribution < -0.4 is 0 Å². The number of likely N-dealkylation sites (N-methyl/N-ethyl adjacent to an activating group) is 1. The Balaban J connectivity index is 1.77. The highest BCUT2D eigenvalue weighted by molar-refractivity contribution is 6.30. The van der Waals surface area contributed by atoms with E-state index in [1.807, 2.05) is 60.8 Å². The highest BCUT2D eigenvalue weighted by atomic mass is 35.5. The average molecular weight is 378 g/mol. The number of hydrogen-bond donors (Lipinski definition) is 0. The van der Waals surface area contributed by atoms with Crippen molar-refractivity contribution in [2.45, 2.75) is 19.5 Å². The quantitative estimate of drug-likeness (QED) is 0.575. The zero-order valence-electron chi connectivity index (χ0n) is 15.1. The molecule has 3 rings (SSSR count). The second kappa shape index (κ2) is 8.57. The molecule has 1 aromatic heterocycles. The zero-order chi connectivity index (χ0) is 19.2. The van der Waals surface area contributed by atoms with Crippen LogP contribution in [0.5, 0.6) is 0 Å². The van der Waals surface area contributed by atoms with Crippen LogP contribution in [0.15, 0.2) is 60.8 Å². The van der Waals surface area contributed by atoms with Gasteiger partial charge in [-0.3, -0.25) is 4.79 Å². The van der Waals surface area contributed by atoms with Gasteiger partial charge in [0.05, 0.1) is 12.5 Å². The summed E-state index contributed by atoms with van der Waals surface area (Å²) >= 11 is 6.00. The molecule has 2 aromatic carbocycles. The van der Waals surface area contributed by atoms with Crippen molar-refractivity contribution >= 4 is 34.5 Å². The van der Waals surface area contributed by atoms with E-state index in [9.17, 15) is 4.79 Å². The fraction of sp³-hybridized carbons (Fsp3) is 0.182. The topological polar surface area (TPSA) is 49.0 Å². The van der Waals surface area contributed by atoms with Gasteiger partial charge in [-0.05, 0) is 29.8 Å². The summed E-state index contributed by atoms with van der Waals surface area (Å²) in [7, 11) is 1.77. The molecular formula is C22H20ClN3O. The molecule has 0 unspecified atom stereocenters. The smallest absolute Gasteiger partial charge is 0.246 e. The van der Waals surface area contributed by atoms with E-state index in [1.54, 1.807) is 18.0 Å². The van der Waals surface area contributed by atoms with Gasteiger partial charge in [0.25, 0.3) is 0 Å². The number of benzene rings is 2. The molecule has 0 aliphatic carbocycles. The lowest BCUT2D eigenvalue weighted by molar-refractivity contribution is -0.125. The predicted molar refractivity (Wildman–Crippen MR) is 109 cm³/mol. The molecule has 0 saturated heterocycles. The first-order valence-electron chi connectivity index (χ1n) is 8.71. The van der Waals surface area contributed by atoms with Crippen molar-refractivity contribution < 1.29 is 4.79 Å². The third-order valence-corrected chi connectivity index (χ3v) is 4.61. The molecular weight excluding hydrogens is 358 g/mol. The van der Waals surface area contributed by atoms with Crippen LogP contribution >= 0.6 is 11.6 Å². The molecule has 0 radical (unpaired) electrons. The van der Waals surface area contributed by atoms with Crippen LogP contribution in [0, 0.1) is 11.3 Å². The highest BCUT2D eigenvalue weighted by Gasteiger charge is 2.09. The minimum absolute atomic E-state index is 0.0798. The fourth-order valence-corrected chi connectivity index (χ4v) is 3.25. The number of hydrogen-bond acceptors (Lipinski definition) is 2. The molecule has 0 bridgehead atoms. The summed E-state index contributed by atoms with van der Waals surface area (Å²) in [6, 6.07) is 17.7. The van der Waals surface area contributed by atoms with Crippen LogP contribution in [0.25, 0.3) is 17.0 Å².